The molecule has 0 aliphatic carbocycles. The molecular formula is C17H21N5O3. The van der Waals surface area contributed by atoms with E-state index < -0.39 is 0 Å². The number of hydrogen-bond donors (Lipinski definition) is 0. The van der Waals surface area contributed by atoms with Crippen molar-refractivity contribution < 1.29 is 14.1 Å². The van der Waals surface area contributed by atoms with Crippen LogP contribution in [0.4, 0.5) is 0 Å². The summed E-state index contributed by atoms with van der Waals surface area (Å²) < 4.78 is 7.20. The zero-order valence-corrected chi connectivity index (χ0v) is 14.4. The van der Waals surface area contributed by atoms with Crippen molar-refractivity contribution in [2.45, 2.75) is 45.8 Å². The fourth-order valence-electron chi connectivity index (χ4n) is 3.63. The molecule has 0 N–H and O–H groups in total. The predicted molar refractivity (Wildman–Crippen MR) is 87.6 cm³/mol. The van der Waals surface area contributed by atoms with Gasteiger partial charge in [0.15, 0.2) is 11.5 Å². The highest BCUT2D eigenvalue weighted by molar-refractivity contribution is 5.93. The molecule has 0 saturated carbocycles. The van der Waals surface area contributed by atoms with Crippen LogP contribution in [0.5, 0.6) is 0 Å². The zero-order chi connectivity index (χ0) is 17.6. The van der Waals surface area contributed by atoms with Crippen molar-refractivity contribution in [3.63, 3.8) is 0 Å². The van der Waals surface area contributed by atoms with Crippen molar-refractivity contribution in [3.05, 3.63) is 35.0 Å². The van der Waals surface area contributed by atoms with Gasteiger partial charge < -0.3 is 14.3 Å². The summed E-state index contributed by atoms with van der Waals surface area (Å²) >= 11 is 0. The van der Waals surface area contributed by atoms with E-state index in [0.29, 0.717) is 31.9 Å². The van der Waals surface area contributed by atoms with E-state index >= 15 is 0 Å². The molecule has 2 aromatic rings. The van der Waals surface area contributed by atoms with E-state index in [-0.39, 0.29) is 17.9 Å². The van der Waals surface area contributed by atoms with Crippen molar-refractivity contribution in [2.75, 3.05) is 13.1 Å². The summed E-state index contributed by atoms with van der Waals surface area (Å²) in [5, 5.41) is 8.40. The van der Waals surface area contributed by atoms with Crippen molar-refractivity contribution >= 4 is 11.8 Å². The van der Waals surface area contributed by atoms with Crippen LogP contribution in [0.2, 0.25) is 0 Å². The number of aryl methyl sites for hydroxylation is 1. The largest absolute Gasteiger partial charge is 0.359 e. The van der Waals surface area contributed by atoms with Gasteiger partial charge in [-0.25, -0.2) is 0 Å². The minimum Gasteiger partial charge on any atom is -0.359 e. The Bertz CT molecular complexity index is 824. The Morgan fingerprint density at radius 1 is 1.24 bits per heavy atom. The van der Waals surface area contributed by atoms with Crippen LogP contribution in [0.25, 0.3) is 0 Å². The van der Waals surface area contributed by atoms with Gasteiger partial charge in [-0.3, -0.25) is 14.3 Å². The van der Waals surface area contributed by atoms with Gasteiger partial charge in [-0.05, 0) is 25.8 Å². The monoisotopic (exact) mass is 343 g/mol. The van der Waals surface area contributed by atoms with Gasteiger partial charge in [-0.15, -0.1) is 0 Å². The molecule has 25 heavy (non-hydrogen) atoms. The third-order valence-electron chi connectivity index (χ3n) is 4.95. The Labute approximate surface area is 145 Å². The molecule has 4 rings (SSSR count). The maximum Gasteiger partial charge on any atom is 0.274 e. The van der Waals surface area contributed by atoms with E-state index in [1.54, 1.807) is 17.9 Å². The average Bonchev–Trinajstić information content (AvgIpc) is 3.31. The van der Waals surface area contributed by atoms with Crippen LogP contribution in [-0.2, 0) is 17.9 Å². The van der Waals surface area contributed by atoms with Gasteiger partial charge in [0.2, 0.25) is 5.91 Å². The van der Waals surface area contributed by atoms with Crippen LogP contribution in [0, 0.1) is 6.92 Å². The number of likely N-dealkylation sites (tertiary alicyclic amines) is 1. The van der Waals surface area contributed by atoms with Gasteiger partial charge in [0.1, 0.15) is 0 Å². The molecule has 0 spiro atoms. The highest BCUT2D eigenvalue weighted by atomic mass is 16.5. The molecule has 0 bridgehead atoms. The van der Waals surface area contributed by atoms with Gasteiger partial charge >= 0.3 is 0 Å². The first-order valence-corrected chi connectivity index (χ1v) is 8.59. The Morgan fingerprint density at radius 3 is 2.80 bits per heavy atom. The van der Waals surface area contributed by atoms with Crippen molar-refractivity contribution in [1.29, 1.82) is 0 Å². The second-order valence-corrected chi connectivity index (χ2v) is 6.71. The minimum atomic E-state index is -0.0900. The first kappa shape index (κ1) is 15.9. The Kier molecular flexibility index (Phi) is 3.82. The first-order valence-electron chi connectivity index (χ1n) is 8.59. The quantitative estimate of drug-likeness (QED) is 0.825. The SMILES string of the molecule is CC(=O)N1CCn2nc(C(=O)N3CCC[C@H]3c3cc(C)no3)cc2C1. The van der Waals surface area contributed by atoms with Crippen molar-refractivity contribution in [2.24, 2.45) is 0 Å². The van der Waals surface area contributed by atoms with E-state index in [9.17, 15) is 9.59 Å². The van der Waals surface area contributed by atoms with Gasteiger partial charge in [0.25, 0.3) is 5.91 Å². The molecular weight excluding hydrogens is 322 g/mol. The average molecular weight is 343 g/mol. The third kappa shape index (κ3) is 2.81. The van der Waals surface area contributed by atoms with E-state index in [1.165, 1.54) is 0 Å². The molecule has 2 aliphatic heterocycles. The maximum atomic E-state index is 13.0. The number of amides is 2. The topological polar surface area (TPSA) is 84.5 Å². The molecule has 2 aliphatic rings. The lowest BCUT2D eigenvalue weighted by molar-refractivity contribution is -0.130. The fourth-order valence-corrected chi connectivity index (χ4v) is 3.63. The summed E-state index contributed by atoms with van der Waals surface area (Å²) in [6, 6.07) is 3.61. The normalized spacial score (nSPS) is 20.0. The number of aromatic nitrogens is 3. The van der Waals surface area contributed by atoms with Gasteiger partial charge in [-0.2, -0.15) is 5.10 Å². The van der Waals surface area contributed by atoms with Crippen LogP contribution in [0.1, 0.15) is 53.4 Å². The highest BCUT2D eigenvalue weighted by Crippen LogP contribution is 2.33. The van der Waals surface area contributed by atoms with Crippen molar-refractivity contribution in [3.8, 4) is 0 Å². The summed E-state index contributed by atoms with van der Waals surface area (Å²) in [5.41, 5.74) is 2.15. The van der Waals surface area contributed by atoms with Crippen LogP contribution in [-0.4, -0.2) is 49.6 Å². The molecule has 132 valence electrons. The number of nitrogens with zero attached hydrogens (tertiary/aromatic N) is 5. The lowest BCUT2D eigenvalue weighted by atomic mass is 10.1. The molecule has 8 nitrogen and oxygen atoms in total. The Morgan fingerprint density at radius 2 is 2.08 bits per heavy atom. The highest BCUT2D eigenvalue weighted by Gasteiger charge is 2.35. The minimum absolute atomic E-state index is 0.0422. The summed E-state index contributed by atoms with van der Waals surface area (Å²) in [7, 11) is 0. The van der Waals surface area contributed by atoms with E-state index in [0.717, 1.165) is 30.0 Å². The van der Waals surface area contributed by atoms with Crippen LogP contribution >= 0.6 is 0 Å². The van der Waals surface area contributed by atoms with Crippen LogP contribution in [0.3, 0.4) is 0 Å². The van der Waals surface area contributed by atoms with E-state index in [1.807, 2.05) is 22.6 Å². The first-order chi connectivity index (χ1) is 12.0. The lowest BCUT2D eigenvalue weighted by Gasteiger charge is -2.26. The second kappa shape index (κ2) is 6.02. The fraction of sp³-hybridized carbons (Fsp3) is 0.529. The number of carbonyl (C=O) groups excluding carboxylic acids is 2. The number of fused-ring (bicyclic) bond motifs is 1. The van der Waals surface area contributed by atoms with Gasteiger partial charge in [0, 0.05) is 26.1 Å². The Balaban J connectivity index is 1.56. The molecule has 0 aromatic carbocycles. The van der Waals surface area contributed by atoms with E-state index in [4.69, 9.17) is 4.52 Å². The van der Waals surface area contributed by atoms with Gasteiger partial charge in [-0.1, -0.05) is 5.16 Å². The molecule has 0 radical (unpaired) electrons. The number of hydrogen-bond acceptors (Lipinski definition) is 5. The number of rotatable bonds is 2. The molecule has 1 fully saturated rings. The van der Waals surface area contributed by atoms with E-state index in [2.05, 4.69) is 10.3 Å². The molecule has 4 heterocycles. The summed E-state index contributed by atoms with van der Waals surface area (Å²) in [5.74, 6) is 0.684. The smallest absolute Gasteiger partial charge is 0.274 e. The molecule has 1 saturated heterocycles. The third-order valence-corrected chi connectivity index (χ3v) is 4.95. The maximum absolute atomic E-state index is 13.0. The standard InChI is InChI=1S/C17H21N5O3/c1-11-8-16(25-19-11)15-4-3-5-21(15)17(24)14-9-13-10-20(12(2)23)6-7-22(13)18-14/h8-9,15H,3-7,10H2,1-2H3/t15-/m0/s1. The van der Waals surface area contributed by atoms with Gasteiger partial charge in [0.05, 0.1) is 30.5 Å². The number of carbonyl (C=O) groups is 2. The zero-order valence-electron chi connectivity index (χ0n) is 14.4. The van der Waals surface area contributed by atoms with Crippen molar-refractivity contribution in [1.82, 2.24) is 24.7 Å². The molecule has 0 unspecified atom stereocenters. The second-order valence-electron chi connectivity index (χ2n) is 6.71. The molecule has 1 atom stereocenters. The molecule has 8 heteroatoms. The van der Waals surface area contributed by atoms with Crippen LogP contribution < -0.4 is 0 Å². The molecule has 2 amide bonds. The summed E-state index contributed by atoms with van der Waals surface area (Å²) in [6.45, 7) is 5.87. The molecule has 2 aromatic heterocycles. The predicted octanol–water partition coefficient (Wildman–Crippen LogP) is 1.52. The Hall–Kier alpha value is -2.64. The summed E-state index contributed by atoms with van der Waals surface area (Å²) in [6.07, 6.45) is 1.80. The summed E-state index contributed by atoms with van der Waals surface area (Å²) in [4.78, 5) is 28.1. The van der Waals surface area contributed by atoms with Crippen LogP contribution in [0.15, 0.2) is 16.7 Å². The lowest BCUT2D eigenvalue weighted by Crippen LogP contribution is -2.36.